The van der Waals surface area contributed by atoms with Crippen LogP contribution in [0.4, 0.5) is 4.39 Å². The Morgan fingerprint density at radius 2 is 1.54 bits per heavy atom. The van der Waals surface area contributed by atoms with Gasteiger partial charge in [0.05, 0.1) is 10.6 Å². The number of amides is 1. The van der Waals surface area contributed by atoms with Gasteiger partial charge in [-0.2, -0.15) is 0 Å². The molecule has 0 aromatic heterocycles. The average molecular weight is 376 g/mol. The quantitative estimate of drug-likeness (QED) is 0.802. The number of sulfone groups is 1. The molecule has 1 fully saturated rings. The Hall–Kier alpha value is -2.25. The van der Waals surface area contributed by atoms with Crippen molar-refractivity contribution in [2.24, 2.45) is 0 Å². The summed E-state index contributed by atoms with van der Waals surface area (Å²) in [5.41, 5.74) is 0.464. The van der Waals surface area contributed by atoms with Crippen LogP contribution in [0.2, 0.25) is 0 Å². The highest BCUT2D eigenvalue weighted by atomic mass is 32.2. The van der Waals surface area contributed by atoms with Crippen LogP contribution >= 0.6 is 0 Å². The van der Waals surface area contributed by atoms with Crippen molar-refractivity contribution in [2.45, 2.75) is 4.90 Å². The lowest BCUT2D eigenvalue weighted by Crippen LogP contribution is -2.49. The van der Waals surface area contributed by atoms with Gasteiger partial charge in [0.2, 0.25) is 0 Å². The van der Waals surface area contributed by atoms with Crippen LogP contribution in [0.3, 0.4) is 0 Å². The Kier molecular flexibility index (Phi) is 5.68. The smallest absolute Gasteiger partial charge is 0.253 e. The second-order valence-corrected chi connectivity index (χ2v) is 8.38. The van der Waals surface area contributed by atoms with Crippen molar-refractivity contribution in [2.75, 3.05) is 38.5 Å². The van der Waals surface area contributed by atoms with Crippen molar-refractivity contribution in [3.05, 3.63) is 66.0 Å². The fourth-order valence-corrected chi connectivity index (χ4v) is 4.25. The van der Waals surface area contributed by atoms with E-state index in [2.05, 4.69) is 4.90 Å². The van der Waals surface area contributed by atoms with Crippen molar-refractivity contribution in [3.63, 3.8) is 0 Å². The third kappa shape index (κ3) is 4.47. The molecule has 0 atom stereocenters. The normalized spacial score (nSPS) is 15.8. The zero-order valence-corrected chi connectivity index (χ0v) is 15.2. The minimum Gasteiger partial charge on any atom is -0.336 e. The van der Waals surface area contributed by atoms with Crippen LogP contribution in [0.25, 0.3) is 0 Å². The Bertz CT molecular complexity index is 846. The van der Waals surface area contributed by atoms with Crippen LogP contribution < -0.4 is 0 Å². The number of nitrogens with zero attached hydrogens (tertiary/aromatic N) is 2. The molecule has 0 spiro atoms. The molecule has 1 heterocycles. The van der Waals surface area contributed by atoms with E-state index >= 15 is 0 Å². The summed E-state index contributed by atoms with van der Waals surface area (Å²) >= 11 is 0. The molecule has 0 N–H and O–H groups in total. The minimum absolute atomic E-state index is 0.0585. The second kappa shape index (κ2) is 7.97. The summed E-state index contributed by atoms with van der Waals surface area (Å²) in [4.78, 5) is 16.5. The van der Waals surface area contributed by atoms with Gasteiger partial charge in [0.25, 0.3) is 5.91 Å². The van der Waals surface area contributed by atoms with E-state index in [1.165, 1.54) is 24.3 Å². The molecule has 5 nitrogen and oxygen atoms in total. The lowest BCUT2D eigenvalue weighted by atomic mass is 10.2. The zero-order valence-electron chi connectivity index (χ0n) is 14.3. The molecule has 1 aliphatic rings. The molecule has 2 aromatic rings. The number of hydrogen-bond donors (Lipinski definition) is 0. The van der Waals surface area contributed by atoms with Crippen LogP contribution in [0.15, 0.2) is 59.5 Å². The molecular formula is C19H21FN2O3S. The van der Waals surface area contributed by atoms with Gasteiger partial charge in [-0.25, -0.2) is 12.8 Å². The molecule has 0 radical (unpaired) electrons. The SMILES string of the molecule is O=C(c1ccc(F)cc1)N1CCN(CCS(=O)(=O)c2ccccc2)CC1. The lowest BCUT2D eigenvalue weighted by molar-refractivity contribution is 0.0644. The van der Waals surface area contributed by atoms with E-state index in [1.54, 1.807) is 35.2 Å². The Balaban J connectivity index is 1.51. The molecule has 1 saturated heterocycles. The first-order valence-corrected chi connectivity index (χ1v) is 10.2. The topological polar surface area (TPSA) is 57.7 Å². The average Bonchev–Trinajstić information content (AvgIpc) is 2.68. The maximum Gasteiger partial charge on any atom is 0.253 e. The predicted octanol–water partition coefficient (Wildman–Crippen LogP) is 2.06. The molecule has 0 aliphatic carbocycles. The number of benzene rings is 2. The van der Waals surface area contributed by atoms with Gasteiger partial charge in [0.15, 0.2) is 9.84 Å². The van der Waals surface area contributed by atoms with Gasteiger partial charge >= 0.3 is 0 Å². The van der Waals surface area contributed by atoms with E-state index in [0.717, 1.165) is 0 Å². The number of rotatable bonds is 5. The van der Waals surface area contributed by atoms with E-state index < -0.39 is 9.84 Å². The first-order valence-electron chi connectivity index (χ1n) is 8.51. The molecule has 0 saturated carbocycles. The van der Waals surface area contributed by atoms with Crippen molar-refractivity contribution >= 4 is 15.7 Å². The number of halogens is 1. The van der Waals surface area contributed by atoms with E-state index in [1.807, 2.05) is 0 Å². The molecule has 26 heavy (non-hydrogen) atoms. The molecule has 3 rings (SSSR count). The maximum atomic E-state index is 13.0. The summed E-state index contributed by atoms with van der Waals surface area (Å²) in [7, 11) is -3.29. The number of carbonyl (C=O) groups is 1. The van der Waals surface area contributed by atoms with Crippen molar-refractivity contribution in [1.29, 1.82) is 0 Å². The Morgan fingerprint density at radius 3 is 2.15 bits per heavy atom. The molecule has 1 amide bonds. The predicted molar refractivity (Wildman–Crippen MR) is 97.2 cm³/mol. The second-order valence-electron chi connectivity index (χ2n) is 6.27. The molecule has 1 aliphatic heterocycles. The number of hydrogen-bond acceptors (Lipinski definition) is 4. The minimum atomic E-state index is -3.29. The Labute approximate surface area is 153 Å². The van der Waals surface area contributed by atoms with Crippen molar-refractivity contribution < 1.29 is 17.6 Å². The largest absolute Gasteiger partial charge is 0.336 e. The highest BCUT2D eigenvalue weighted by Gasteiger charge is 2.23. The fourth-order valence-electron chi connectivity index (χ4n) is 2.94. The van der Waals surface area contributed by atoms with Gasteiger partial charge in [-0.15, -0.1) is 0 Å². The van der Waals surface area contributed by atoms with Crippen LogP contribution in [0.5, 0.6) is 0 Å². The fraction of sp³-hybridized carbons (Fsp3) is 0.316. The summed E-state index contributed by atoms with van der Waals surface area (Å²) in [6, 6.07) is 13.9. The zero-order chi connectivity index (χ0) is 18.6. The van der Waals surface area contributed by atoms with Crippen LogP contribution in [-0.4, -0.2) is 62.6 Å². The van der Waals surface area contributed by atoms with Gasteiger partial charge < -0.3 is 4.90 Å². The summed E-state index contributed by atoms with van der Waals surface area (Å²) in [6.07, 6.45) is 0. The molecule has 0 bridgehead atoms. The monoisotopic (exact) mass is 376 g/mol. The summed E-state index contributed by atoms with van der Waals surface area (Å²) in [6.45, 7) is 2.74. The third-order valence-electron chi connectivity index (χ3n) is 4.53. The summed E-state index contributed by atoms with van der Waals surface area (Å²) < 4.78 is 37.6. The first-order chi connectivity index (χ1) is 12.5. The maximum absolute atomic E-state index is 13.0. The van der Waals surface area contributed by atoms with E-state index in [0.29, 0.717) is 43.2 Å². The molecular weight excluding hydrogens is 355 g/mol. The van der Waals surface area contributed by atoms with Gasteiger partial charge in [0, 0.05) is 38.3 Å². The first kappa shape index (κ1) is 18.5. The highest BCUT2D eigenvalue weighted by molar-refractivity contribution is 7.91. The van der Waals surface area contributed by atoms with Crippen LogP contribution in [0, 0.1) is 5.82 Å². The molecule has 2 aromatic carbocycles. The highest BCUT2D eigenvalue weighted by Crippen LogP contribution is 2.13. The Morgan fingerprint density at radius 1 is 0.923 bits per heavy atom. The summed E-state index contributed by atoms with van der Waals surface area (Å²) in [5, 5.41) is 0. The van der Waals surface area contributed by atoms with E-state index in [-0.39, 0.29) is 17.5 Å². The molecule has 7 heteroatoms. The van der Waals surface area contributed by atoms with Crippen LogP contribution in [0.1, 0.15) is 10.4 Å². The number of piperazine rings is 1. The standard InChI is InChI=1S/C19H21FN2O3S/c20-17-8-6-16(7-9-17)19(23)22-12-10-21(11-13-22)14-15-26(24,25)18-4-2-1-3-5-18/h1-9H,10-15H2. The molecule has 138 valence electrons. The lowest BCUT2D eigenvalue weighted by Gasteiger charge is -2.34. The van der Waals surface area contributed by atoms with E-state index in [4.69, 9.17) is 0 Å². The van der Waals surface area contributed by atoms with Gasteiger partial charge in [-0.05, 0) is 36.4 Å². The molecule has 0 unspecified atom stereocenters. The van der Waals surface area contributed by atoms with E-state index in [9.17, 15) is 17.6 Å². The van der Waals surface area contributed by atoms with Gasteiger partial charge in [-0.3, -0.25) is 9.69 Å². The van der Waals surface area contributed by atoms with Crippen LogP contribution in [-0.2, 0) is 9.84 Å². The third-order valence-corrected chi connectivity index (χ3v) is 6.24. The van der Waals surface area contributed by atoms with Crippen molar-refractivity contribution in [3.8, 4) is 0 Å². The summed E-state index contributed by atoms with van der Waals surface area (Å²) in [5.74, 6) is -0.435. The van der Waals surface area contributed by atoms with Gasteiger partial charge in [0.1, 0.15) is 5.82 Å². The van der Waals surface area contributed by atoms with Crippen molar-refractivity contribution in [1.82, 2.24) is 9.80 Å². The number of carbonyl (C=O) groups excluding carboxylic acids is 1. The van der Waals surface area contributed by atoms with Gasteiger partial charge in [-0.1, -0.05) is 18.2 Å².